The van der Waals surface area contributed by atoms with Gasteiger partial charge in [-0.05, 0) is 53.4 Å². The zero-order chi connectivity index (χ0) is 23.1. The lowest BCUT2D eigenvalue weighted by Crippen LogP contribution is -2.47. The summed E-state index contributed by atoms with van der Waals surface area (Å²) in [4.78, 5) is 38.5. The van der Waals surface area contributed by atoms with Gasteiger partial charge in [-0.2, -0.15) is 0 Å². The van der Waals surface area contributed by atoms with Crippen molar-refractivity contribution in [3.63, 3.8) is 0 Å². The molecule has 1 atom stereocenters. The SMILES string of the molecule is NCCC[C@H](C(N)=O)N(Cc1ccc(CC(N)=O)cc1)C(=O)c1ccc2ccccc2c1. The van der Waals surface area contributed by atoms with E-state index in [2.05, 4.69) is 0 Å². The van der Waals surface area contributed by atoms with Crippen molar-refractivity contribution in [2.24, 2.45) is 17.2 Å². The normalized spacial score (nSPS) is 11.8. The number of nitrogens with two attached hydrogens (primary N) is 3. The van der Waals surface area contributed by atoms with Crippen molar-refractivity contribution in [1.29, 1.82) is 0 Å². The number of benzene rings is 3. The van der Waals surface area contributed by atoms with Gasteiger partial charge in [-0.25, -0.2) is 0 Å². The first-order chi connectivity index (χ1) is 15.4. The van der Waals surface area contributed by atoms with Crippen molar-refractivity contribution in [1.82, 2.24) is 4.90 Å². The van der Waals surface area contributed by atoms with Crippen LogP contribution in [0.25, 0.3) is 10.8 Å². The molecule has 3 amide bonds. The van der Waals surface area contributed by atoms with E-state index in [9.17, 15) is 14.4 Å². The molecule has 7 heteroatoms. The Hall–Kier alpha value is -3.71. The Kier molecular flexibility index (Phi) is 7.57. The summed E-state index contributed by atoms with van der Waals surface area (Å²) in [6, 6.07) is 19.7. The summed E-state index contributed by atoms with van der Waals surface area (Å²) in [5.74, 6) is -1.27. The Labute approximate surface area is 187 Å². The van der Waals surface area contributed by atoms with Gasteiger partial charge in [0.2, 0.25) is 11.8 Å². The third-order valence-electron chi connectivity index (χ3n) is 5.40. The van der Waals surface area contributed by atoms with Gasteiger partial charge in [-0.15, -0.1) is 0 Å². The summed E-state index contributed by atoms with van der Waals surface area (Å²) in [5.41, 5.74) is 18.7. The van der Waals surface area contributed by atoms with E-state index in [0.29, 0.717) is 24.9 Å². The second-order valence-corrected chi connectivity index (χ2v) is 7.80. The second-order valence-electron chi connectivity index (χ2n) is 7.80. The van der Waals surface area contributed by atoms with Crippen LogP contribution in [0.3, 0.4) is 0 Å². The van der Waals surface area contributed by atoms with Gasteiger partial charge in [-0.3, -0.25) is 14.4 Å². The highest BCUT2D eigenvalue weighted by Crippen LogP contribution is 2.21. The van der Waals surface area contributed by atoms with Crippen LogP contribution in [0.15, 0.2) is 66.7 Å². The van der Waals surface area contributed by atoms with Gasteiger partial charge in [-0.1, -0.05) is 54.6 Å². The average molecular weight is 433 g/mol. The van der Waals surface area contributed by atoms with Crippen LogP contribution < -0.4 is 17.2 Å². The number of hydrogen-bond donors (Lipinski definition) is 3. The molecule has 7 nitrogen and oxygen atoms in total. The fraction of sp³-hybridized carbons (Fsp3) is 0.240. The minimum Gasteiger partial charge on any atom is -0.369 e. The highest BCUT2D eigenvalue weighted by Gasteiger charge is 2.29. The summed E-state index contributed by atoms with van der Waals surface area (Å²) in [6.07, 6.45) is 1.08. The van der Waals surface area contributed by atoms with E-state index in [1.807, 2.05) is 48.5 Å². The van der Waals surface area contributed by atoms with Gasteiger partial charge in [0.05, 0.1) is 6.42 Å². The molecule has 0 aliphatic rings. The van der Waals surface area contributed by atoms with Gasteiger partial charge < -0.3 is 22.1 Å². The van der Waals surface area contributed by atoms with E-state index in [-0.39, 0.29) is 18.9 Å². The van der Waals surface area contributed by atoms with E-state index < -0.39 is 17.9 Å². The maximum atomic E-state index is 13.5. The molecule has 3 rings (SSSR count). The molecule has 32 heavy (non-hydrogen) atoms. The Morgan fingerprint density at radius 1 is 0.844 bits per heavy atom. The smallest absolute Gasteiger partial charge is 0.254 e. The number of hydrogen-bond acceptors (Lipinski definition) is 4. The van der Waals surface area contributed by atoms with Gasteiger partial charge in [0.15, 0.2) is 0 Å². The maximum absolute atomic E-state index is 13.5. The Bertz CT molecular complexity index is 1110. The number of carbonyl (C=O) groups excluding carboxylic acids is 3. The summed E-state index contributed by atoms with van der Waals surface area (Å²) in [5, 5.41) is 1.96. The first-order valence-electron chi connectivity index (χ1n) is 10.5. The highest BCUT2D eigenvalue weighted by molar-refractivity contribution is 6.00. The molecule has 0 saturated carbocycles. The van der Waals surface area contributed by atoms with Crippen molar-refractivity contribution in [3.05, 3.63) is 83.4 Å². The van der Waals surface area contributed by atoms with Crippen molar-refractivity contribution in [3.8, 4) is 0 Å². The maximum Gasteiger partial charge on any atom is 0.254 e. The molecular weight excluding hydrogens is 404 g/mol. The highest BCUT2D eigenvalue weighted by atomic mass is 16.2. The average Bonchev–Trinajstić information content (AvgIpc) is 2.78. The van der Waals surface area contributed by atoms with Gasteiger partial charge in [0, 0.05) is 12.1 Å². The van der Waals surface area contributed by atoms with Crippen molar-refractivity contribution in [2.75, 3.05) is 6.54 Å². The molecular formula is C25H28N4O3. The molecule has 0 aliphatic carbocycles. The van der Waals surface area contributed by atoms with Crippen LogP contribution in [0.2, 0.25) is 0 Å². The quantitative estimate of drug-likeness (QED) is 0.452. The molecule has 0 fully saturated rings. The molecule has 6 N–H and O–H groups in total. The van der Waals surface area contributed by atoms with E-state index >= 15 is 0 Å². The Balaban J connectivity index is 1.93. The molecule has 0 radical (unpaired) electrons. The van der Waals surface area contributed by atoms with Crippen molar-refractivity contribution >= 4 is 28.5 Å². The summed E-state index contributed by atoms with van der Waals surface area (Å²) < 4.78 is 0. The number of carbonyl (C=O) groups is 3. The van der Waals surface area contributed by atoms with E-state index in [1.165, 1.54) is 4.90 Å². The number of primary amides is 2. The van der Waals surface area contributed by atoms with Gasteiger partial charge >= 0.3 is 0 Å². The Morgan fingerprint density at radius 2 is 1.50 bits per heavy atom. The molecule has 3 aromatic rings. The molecule has 0 aliphatic heterocycles. The van der Waals surface area contributed by atoms with Crippen LogP contribution in [0, 0.1) is 0 Å². The lowest BCUT2D eigenvalue weighted by Gasteiger charge is -2.30. The number of nitrogens with zero attached hydrogens (tertiary/aromatic N) is 1. The zero-order valence-electron chi connectivity index (χ0n) is 17.9. The second kappa shape index (κ2) is 10.5. The number of rotatable bonds is 10. The fourth-order valence-corrected chi connectivity index (χ4v) is 3.74. The summed E-state index contributed by atoms with van der Waals surface area (Å²) in [6.45, 7) is 0.588. The largest absolute Gasteiger partial charge is 0.369 e. The molecule has 0 saturated heterocycles. The van der Waals surface area contributed by atoms with Crippen LogP contribution in [0.4, 0.5) is 0 Å². The predicted octanol–water partition coefficient (Wildman–Crippen LogP) is 2.10. The third kappa shape index (κ3) is 5.70. The van der Waals surface area contributed by atoms with Crippen LogP contribution in [-0.2, 0) is 22.6 Å². The lowest BCUT2D eigenvalue weighted by atomic mass is 10.0. The van der Waals surface area contributed by atoms with Crippen molar-refractivity contribution in [2.45, 2.75) is 31.8 Å². The van der Waals surface area contributed by atoms with Gasteiger partial charge in [0.1, 0.15) is 6.04 Å². The van der Waals surface area contributed by atoms with E-state index in [4.69, 9.17) is 17.2 Å². The molecule has 0 heterocycles. The van der Waals surface area contributed by atoms with Crippen molar-refractivity contribution < 1.29 is 14.4 Å². The first-order valence-corrected chi connectivity index (χ1v) is 10.5. The molecule has 0 spiro atoms. The predicted molar refractivity (Wildman–Crippen MR) is 124 cm³/mol. The summed E-state index contributed by atoms with van der Waals surface area (Å²) >= 11 is 0. The fourth-order valence-electron chi connectivity index (χ4n) is 3.74. The Morgan fingerprint density at radius 3 is 2.12 bits per heavy atom. The first kappa shape index (κ1) is 23.0. The zero-order valence-corrected chi connectivity index (χ0v) is 17.9. The summed E-state index contributed by atoms with van der Waals surface area (Å²) in [7, 11) is 0. The van der Waals surface area contributed by atoms with Gasteiger partial charge in [0.25, 0.3) is 5.91 Å². The van der Waals surface area contributed by atoms with Crippen LogP contribution >= 0.6 is 0 Å². The van der Waals surface area contributed by atoms with E-state index in [1.54, 1.807) is 18.2 Å². The lowest BCUT2D eigenvalue weighted by molar-refractivity contribution is -0.123. The van der Waals surface area contributed by atoms with Crippen LogP contribution in [-0.4, -0.2) is 35.2 Å². The minimum atomic E-state index is -0.789. The molecule has 3 aromatic carbocycles. The third-order valence-corrected chi connectivity index (χ3v) is 5.40. The number of amides is 3. The van der Waals surface area contributed by atoms with E-state index in [0.717, 1.165) is 21.9 Å². The van der Waals surface area contributed by atoms with Crippen LogP contribution in [0.1, 0.15) is 34.3 Å². The standard InChI is InChI=1S/C25H28N4O3/c26-13-3-6-22(24(28)31)29(16-18-9-7-17(8-10-18)14-23(27)30)25(32)21-12-11-19-4-1-2-5-20(19)15-21/h1-2,4-5,7-12,15,22H,3,6,13-14,16,26H2,(H2,27,30)(H2,28,31)/t22-/m1/s1. The topological polar surface area (TPSA) is 133 Å². The molecule has 0 unspecified atom stereocenters. The molecule has 166 valence electrons. The minimum absolute atomic E-state index is 0.139. The van der Waals surface area contributed by atoms with Crippen LogP contribution in [0.5, 0.6) is 0 Å². The number of fused-ring (bicyclic) bond motifs is 1. The molecule has 0 bridgehead atoms. The monoisotopic (exact) mass is 432 g/mol. The molecule has 0 aromatic heterocycles.